The van der Waals surface area contributed by atoms with Crippen molar-refractivity contribution in [2.45, 2.75) is 45.8 Å². The van der Waals surface area contributed by atoms with E-state index in [0.717, 1.165) is 0 Å². The van der Waals surface area contributed by atoms with Crippen molar-refractivity contribution in [2.75, 3.05) is 0 Å². The smallest absolute Gasteiger partial charge is 0.0539 e. The van der Waals surface area contributed by atoms with Crippen molar-refractivity contribution in [3.63, 3.8) is 0 Å². The highest BCUT2D eigenvalue weighted by molar-refractivity contribution is 5.50. The quantitative estimate of drug-likeness (QED) is 0.674. The Balaban J connectivity index is 2.35. The van der Waals surface area contributed by atoms with Gasteiger partial charge in [-0.2, -0.15) is 0 Å². The van der Waals surface area contributed by atoms with E-state index in [0.29, 0.717) is 18.1 Å². The maximum Gasteiger partial charge on any atom is 0.0539 e. The van der Waals surface area contributed by atoms with Gasteiger partial charge in [0.25, 0.3) is 0 Å². The molecule has 0 aliphatic carbocycles. The van der Waals surface area contributed by atoms with E-state index in [2.05, 4.69) is 105 Å². The van der Waals surface area contributed by atoms with Crippen LogP contribution in [0.2, 0.25) is 0 Å². The summed E-state index contributed by atoms with van der Waals surface area (Å²) in [4.78, 5) is 2.55. The van der Waals surface area contributed by atoms with E-state index in [1.165, 1.54) is 11.1 Å². The van der Waals surface area contributed by atoms with Gasteiger partial charge in [-0.1, -0.05) is 72.8 Å². The van der Waals surface area contributed by atoms with E-state index in [1.54, 1.807) is 0 Å². The van der Waals surface area contributed by atoms with Crippen LogP contribution in [0.4, 0.5) is 0 Å². The molecule has 0 radical (unpaired) electrons. The summed E-state index contributed by atoms with van der Waals surface area (Å²) in [7, 11) is 0. The van der Waals surface area contributed by atoms with Crippen LogP contribution in [0.5, 0.6) is 0 Å². The van der Waals surface area contributed by atoms with E-state index in [4.69, 9.17) is 0 Å². The first-order chi connectivity index (χ1) is 10.6. The molecule has 0 bridgehead atoms. The van der Waals surface area contributed by atoms with E-state index in [9.17, 15) is 0 Å². The van der Waals surface area contributed by atoms with Gasteiger partial charge in [0.05, 0.1) is 6.04 Å². The molecule has 1 nitrogen and oxygen atoms in total. The van der Waals surface area contributed by atoms with Gasteiger partial charge in [0.2, 0.25) is 0 Å². The number of benzene rings is 2. The van der Waals surface area contributed by atoms with Crippen LogP contribution in [0.25, 0.3) is 6.08 Å². The topological polar surface area (TPSA) is 3.24 Å². The molecule has 0 amide bonds. The first kappa shape index (κ1) is 16.5. The molecule has 22 heavy (non-hydrogen) atoms. The molecule has 0 heterocycles. The first-order valence-corrected chi connectivity index (χ1v) is 8.15. The van der Waals surface area contributed by atoms with Crippen molar-refractivity contribution < 1.29 is 0 Å². The van der Waals surface area contributed by atoms with Crippen LogP contribution in [0.15, 0.2) is 66.7 Å². The van der Waals surface area contributed by atoms with E-state index in [1.807, 2.05) is 0 Å². The Morgan fingerprint density at radius 1 is 0.727 bits per heavy atom. The highest BCUT2D eigenvalue weighted by Crippen LogP contribution is 2.27. The zero-order valence-corrected chi connectivity index (χ0v) is 14.1. The summed E-state index contributed by atoms with van der Waals surface area (Å²) in [6, 6.07) is 22.6. The van der Waals surface area contributed by atoms with Crippen molar-refractivity contribution in [3.8, 4) is 0 Å². The molecular weight excluding hydrogens is 266 g/mol. The Morgan fingerprint density at radius 3 is 1.73 bits per heavy atom. The van der Waals surface area contributed by atoms with Gasteiger partial charge in [0.15, 0.2) is 0 Å². The van der Waals surface area contributed by atoms with Gasteiger partial charge in [0, 0.05) is 12.1 Å². The predicted molar refractivity (Wildman–Crippen MR) is 96.8 cm³/mol. The van der Waals surface area contributed by atoms with Gasteiger partial charge < -0.3 is 0 Å². The highest BCUT2D eigenvalue weighted by Gasteiger charge is 2.23. The monoisotopic (exact) mass is 293 g/mol. The van der Waals surface area contributed by atoms with Gasteiger partial charge in [-0.15, -0.1) is 0 Å². The number of nitrogens with zero attached hydrogens (tertiary/aromatic N) is 1. The molecule has 0 unspecified atom stereocenters. The summed E-state index contributed by atoms with van der Waals surface area (Å²) in [6.45, 7) is 9.08. The average Bonchev–Trinajstić information content (AvgIpc) is 2.52. The highest BCUT2D eigenvalue weighted by atomic mass is 15.2. The van der Waals surface area contributed by atoms with Crippen molar-refractivity contribution >= 4 is 6.08 Å². The molecule has 0 spiro atoms. The standard InChI is InChI=1S/C21H27N/c1-17(2)22(18(3)4)21(20-13-9-6-10-14-20)16-15-19-11-7-5-8-12-19/h5-18,21H,1-4H3/b16-15+/t21-/m1/s1. The van der Waals surface area contributed by atoms with E-state index in [-0.39, 0.29) is 0 Å². The van der Waals surface area contributed by atoms with Gasteiger partial charge in [-0.25, -0.2) is 0 Å². The second-order valence-electron chi connectivity index (χ2n) is 6.26. The predicted octanol–water partition coefficient (Wildman–Crippen LogP) is 5.56. The molecule has 2 aromatic rings. The molecule has 116 valence electrons. The molecule has 0 saturated heterocycles. The summed E-state index contributed by atoms with van der Waals surface area (Å²) >= 11 is 0. The minimum atomic E-state index is 0.293. The van der Waals surface area contributed by atoms with Crippen LogP contribution in [0.1, 0.15) is 44.9 Å². The van der Waals surface area contributed by atoms with Crippen molar-refractivity contribution in [1.29, 1.82) is 0 Å². The molecule has 1 atom stereocenters. The molecular formula is C21H27N. The maximum atomic E-state index is 2.55. The Bertz CT molecular complexity index is 561. The van der Waals surface area contributed by atoms with Crippen LogP contribution < -0.4 is 0 Å². The SMILES string of the molecule is CC(C)N(C(C)C)[C@H](/C=C/c1ccccc1)c1ccccc1. The fraction of sp³-hybridized carbons (Fsp3) is 0.333. The second-order valence-corrected chi connectivity index (χ2v) is 6.26. The fourth-order valence-electron chi connectivity index (χ4n) is 3.04. The molecule has 2 aromatic carbocycles. The third-order valence-electron chi connectivity index (χ3n) is 3.93. The summed E-state index contributed by atoms with van der Waals surface area (Å²) in [6.07, 6.45) is 4.56. The third kappa shape index (κ3) is 4.32. The minimum absolute atomic E-state index is 0.293. The molecule has 0 saturated carbocycles. The molecule has 0 aliphatic heterocycles. The van der Waals surface area contributed by atoms with E-state index >= 15 is 0 Å². The van der Waals surface area contributed by atoms with Crippen LogP contribution in [0, 0.1) is 0 Å². The lowest BCUT2D eigenvalue weighted by atomic mass is 10.0. The minimum Gasteiger partial charge on any atom is -0.288 e. The normalized spacial score (nSPS) is 13.4. The average molecular weight is 293 g/mol. The Labute approximate surface area is 135 Å². The Kier molecular flexibility index (Phi) is 5.97. The van der Waals surface area contributed by atoms with Crippen molar-refractivity contribution in [2.24, 2.45) is 0 Å². The maximum absolute atomic E-state index is 2.55. The molecule has 0 aliphatic rings. The van der Waals surface area contributed by atoms with Crippen molar-refractivity contribution in [3.05, 3.63) is 77.9 Å². The first-order valence-electron chi connectivity index (χ1n) is 8.15. The zero-order valence-electron chi connectivity index (χ0n) is 14.1. The zero-order chi connectivity index (χ0) is 15.9. The summed E-state index contributed by atoms with van der Waals surface area (Å²) < 4.78 is 0. The number of hydrogen-bond donors (Lipinski definition) is 0. The second kappa shape index (κ2) is 7.95. The van der Waals surface area contributed by atoms with Crippen LogP contribution in [-0.4, -0.2) is 17.0 Å². The van der Waals surface area contributed by atoms with Gasteiger partial charge in [-0.05, 0) is 38.8 Å². The third-order valence-corrected chi connectivity index (χ3v) is 3.93. The largest absolute Gasteiger partial charge is 0.288 e. The molecule has 1 heteroatoms. The van der Waals surface area contributed by atoms with Gasteiger partial charge >= 0.3 is 0 Å². The lowest BCUT2D eigenvalue weighted by molar-refractivity contribution is 0.139. The summed E-state index contributed by atoms with van der Waals surface area (Å²) in [5.41, 5.74) is 2.59. The lowest BCUT2D eigenvalue weighted by Gasteiger charge is -2.37. The van der Waals surface area contributed by atoms with E-state index < -0.39 is 0 Å². The van der Waals surface area contributed by atoms with Gasteiger partial charge in [0.1, 0.15) is 0 Å². The molecule has 0 N–H and O–H groups in total. The summed E-state index contributed by atoms with van der Waals surface area (Å²) in [5, 5.41) is 0. The number of hydrogen-bond acceptors (Lipinski definition) is 1. The molecule has 2 rings (SSSR count). The van der Waals surface area contributed by atoms with Crippen LogP contribution in [0.3, 0.4) is 0 Å². The molecule has 0 aromatic heterocycles. The summed E-state index contributed by atoms with van der Waals surface area (Å²) in [5.74, 6) is 0. The fourth-order valence-corrected chi connectivity index (χ4v) is 3.04. The van der Waals surface area contributed by atoms with Crippen molar-refractivity contribution in [1.82, 2.24) is 4.90 Å². The molecule has 0 fully saturated rings. The van der Waals surface area contributed by atoms with Gasteiger partial charge in [-0.3, -0.25) is 4.90 Å². The Morgan fingerprint density at radius 2 is 1.23 bits per heavy atom. The van der Waals surface area contributed by atoms with Crippen LogP contribution >= 0.6 is 0 Å². The number of rotatable bonds is 6. The van der Waals surface area contributed by atoms with Crippen LogP contribution in [-0.2, 0) is 0 Å². The Hall–Kier alpha value is -1.86. The lowest BCUT2D eigenvalue weighted by Crippen LogP contribution is -2.39.